The Morgan fingerprint density at radius 1 is 0.933 bits per heavy atom. The van der Waals surface area contributed by atoms with Crippen LogP contribution in [0.4, 0.5) is 5.69 Å². The van der Waals surface area contributed by atoms with E-state index in [-0.39, 0.29) is 17.7 Å². The number of nitrogens with one attached hydrogen (secondary N) is 1. The van der Waals surface area contributed by atoms with Crippen LogP contribution in [-0.2, 0) is 4.79 Å². The fraction of sp³-hybridized carbons (Fsp3) is 0.364. The highest BCUT2D eigenvalue weighted by atomic mass is 35.5. The zero-order valence-corrected chi connectivity index (χ0v) is 19.1. The Bertz CT molecular complexity index is 928. The van der Waals surface area contributed by atoms with Crippen molar-refractivity contribution in [2.24, 2.45) is 5.92 Å². The van der Waals surface area contributed by atoms with Crippen LogP contribution in [-0.4, -0.2) is 48.9 Å². The van der Waals surface area contributed by atoms with E-state index in [0.717, 1.165) is 5.69 Å². The molecule has 0 radical (unpaired) electrons. The summed E-state index contributed by atoms with van der Waals surface area (Å²) in [7, 11) is 0. The number of amides is 2. The van der Waals surface area contributed by atoms with E-state index >= 15 is 0 Å². The van der Waals surface area contributed by atoms with Crippen molar-refractivity contribution in [3.63, 3.8) is 0 Å². The molecular formula is C22H24Cl3N3O2. The zero-order valence-electron chi connectivity index (χ0n) is 16.9. The summed E-state index contributed by atoms with van der Waals surface area (Å²) in [4.78, 5) is 29.7. The molecule has 1 heterocycles. The molecule has 5 nitrogen and oxygen atoms in total. The predicted octanol–water partition coefficient (Wildman–Crippen LogP) is 4.75. The number of hydrogen-bond donors (Lipinski definition) is 1. The van der Waals surface area contributed by atoms with Crippen molar-refractivity contribution in [3.05, 3.63) is 63.1 Å². The molecule has 2 aromatic rings. The molecule has 160 valence electrons. The van der Waals surface area contributed by atoms with E-state index in [0.29, 0.717) is 46.8 Å². The van der Waals surface area contributed by atoms with Gasteiger partial charge in [0.25, 0.3) is 5.91 Å². The zero-order chi connectivity index (χ0) is 21.8. The Labute approximate surface area is 191 Å². The molecular weight excluding hydrogens is 445 g/mol. The summed E-state index contributed by atoms with van der Waals surface area (Å²) in [5.74, 6) is -0.429. The van der Waals surface area contributed by atoms with Gasteiger partial charge in [0, 0.05) is 42.5 Å². The summed E-state index contributed by atoms with van der Waals surface area (Å²) in [6.45, 7) is 6.33. The molecule has 0 aromatic heterocycles. The van der Waals surface area contributed by atoms with Crippen molar-refractivity contribution in [2.75, 3.05) is 31.1 Å². The van der Waals surface area contributed by atoms with E-state index in [2.05, 4.69) is 10.2 Å². The van der Waals surface area contributed by atoms with Gasteiger partial charge in [-0.3, -0.25) is 9.59 Å². The van der Waals surface area contributed by atoms with Crippen molar-refractivity contribution >= 4 is 52.3 Å². The normalized spacial score (nSPS) is 15.3. The second-order valence-electron chi connectivity index (χ2n) is 7.62. The average Bonchev–Trinajstić information content (AvgIpc) is 2.73. The third-order valence-corrected chi connectivity index (χ3v) is 6.14. The first-order chi connectivity index (χ1) is 14.3. The number of benzene rings is 2. The molecule has 1 N–H and O–H groups in total. The first-order valence-corrected chi connectivity index (χ1v) is 10.9. The molecule has 2 aromatic carbocycles. The van der Waals surface area contributed by atoms with Crippen LogP contribution in [0.15, 0.2) is 42.5 Å². The molecule has 1 atom stereocenters. The monoisotopic (exact) mass is 467 g/mol. The Balaban J connectivity index is 1.63. The van der Waals surface area contributed by atoms with Gasteiger partial charge in [-0.05, 0) is 42.3 Å². The molecule has 3 rings (SSSR count). The smallest absolute Gasteiger partial charge is 0.251 e. The minimum absolute atomic E-state index is 0.0475. The number of carbonyl (C=O) groups is 2. The largest absolute Gasteiger partial charge is 0.368 e. The number of hydrogen-bond acceptors (Lipinski definition) is 3. The molecule has 1 aliphatic rings. The Kier molecular flexibility index (Phi) is 7.50. The maximum absolute atomic E-state index is 13.1. The molecule has 30 heavy (non-hydrogen) atoms. The lowest BCUT2D eigenvalue weighted by atomic mass is 10.0. The Morgan fingerprint density at radius 3 is 2.23 bits per heavy atom. The van der Waals surface area contributed by atoms with Crippen molar-refractivity contribution < 1.29 is 9.59 Å². The van der Waals surface area contributed by atoms with Crippen LogP contribution < -0.4 is 10.2 Å². The van der Waals surface area contributed by atoms with Gasteiger partial charge in [0.15, 0.2) is 0 Å². The number of anilines is 1. The van der Waals surface area contributed by atoms with Crippen molar-refractivity contribution in [1.82, 2.24) is 10.2 Å². The van der Waals surface area contributed by atoms with Crippen LogP contribution in [0.25, 0.3) is 0 Å². The Hall–Kier alpha value is -1.95. The minimum atomic E-state index is -0.604. The lowest BCUT2D eigenvalue weighted by Crippen LogP contribution is -2.56. The number of piperazine rings is 1. The molecule has 0 bridgehead atoms. The van der Waals surface area contributed by atoms with Crippen LogP contribution in [0.1, 0.15) is 24.2 Å². The van der Waals surface area contributed by atoms with E-state index in [1.807, 2.05) is 26.0 Å². The standard InChI is InChI=1S/C22H24Cl3N3O2/c1-14(2)20(26-21(29)15-4-3-5-16(23)12-15)22(30)28-10-8-27(9-11-28)17-6-7-18(24)19(25)13-17/h3-7,12-14,20H,8-11H2,1-2H3,(H,26,29)/t20-/m1/s1. The van der Waals surface area contributed by atoms with Gasteiger partial charge in [-0.15, -0.1) is 0 Å². The summed E-state index contributed by atoms with van der Waals surface area (Å²) in [6, 6.07) is 11.6. The van der Waals surface area contributed by atoms with Crippen LogP contribution >= 0.6 is 34.8 Å². The average molecular weight is 469 g/mol. The van der Waals surface area contributed by atoms with Gasteiger partial charge in [0.1, 0.15) is 6.04 Å². The highest BCUT2D eigenvalue weighted by Crippen LogP contribution is 2.28. The van der Waals surface area contributed by atoms with Gasteiger partial charge in [-0.2, -0.15) is 0 Å². The van der Waals surface area contributed by atoms with Gasteiger partial charge in [0.05, 0.1) is 10.0 Å². The molecule has 0 unspecified atom stereocenters. The van der Waals surface area contributed by atoms with Gasteiger partial charge in [0.2, 0.25) is 5.91 Å². The predicted molar refractivity (Wildman–Crippen MR) is 123 cm³/mol. The molecule has 0 saturated carbocycles. The van der Waals surface area contributed by atoms with E-state index < -0.39 is 6.04 Å². The van der Waals surface area contributed by atoms with Gasteiger partial charge >= 0.3 is 0 Å². The van der Waals surface area contributed by atoms with Crippen LogP contribution in [0.5, 0.6) is 0 Å². The van der Waals surface area contributed by atoms with E-state index in [1.165, 1.54) is 0 Å². The molecule has 1 fully saturated rings. The fourth-order valence-corrected chi connectivity index (χ4v) is 3.91. The van der Waals surface area contributed by atoms with Crippen LogP contribution in [0, 0.1) is 5.92 Å². The van der Waals surface area contributed by atoms with Crippen molar-refractivity contribution in [2.45, 2.75) is 19.9 Å². The number of halogens is 3. The number of rotatable bonds is 5. The SMILES string of the molecule is CC(C)[C@@H](NC(=O)c1cccc(Cl)c1)C(=O)N1CCN(c2ccc(Cl)c(Cl)c2)CC1. The summed E-state index contributed by atoms with van der Waals surface area (Å²) in [6.07, 6.45) is 0. The lowest BCUT2D eigenvalue weighted by Gasteiger charge is -2.38. The first-order valence-electron chi connectivity index (χ1n) is 9.81. The topological polar surface area (TPSA) is 52.7 Å². The first kappa shape index (κ1) is 22.7. The third-order valence-electron chi connectivity index (χ3n) is 5.17. The van der Waals surface area contributed by atoms with Crippen LogP contribution in [0.2, 0.25) is 15.1 Å². The summed E-state index contributed by atoms with van der Waals surface area (Å²) < 4.78 is 0. The second-order valence-corrected chi connectivity index (χ2v) is 8.87. The summed E-state index contributed by atoms with van der Waals surface area (Å²) >= 11 is 18.1. The maximum Gasteiger partial charge on any atom is 0.251 e. The molecule has 2 amide bonds. The van der Waals surface area contributed by atoms with E-state index in [9.17, 15) is 9.59 Å². The number of nitrogens with zero attached hydrogens (tertiary/aromatic N) is 2. The highest BCUT2D eigenvalue weighted by Gasteiger charge is 2.31. The molecule has 0 aliphatic carbocycles. The van der Waals surface area contributed by atoms with Gasteiger partial charge in [-0.25, -0.2) is 0 Å². The van der Waals surface area contributed by atoms with Crippen LogP contribution in [0.3, 0.4) is 0 Å². The second kappa shape index (κ2) is 9.90. The van der Waals surface area contributed by atoms with E-state index in [1.54, 1.807) is 35.2 Å². The van der Waals surface area contributed by atoms with Gasteiger partial charge < -0.3 is 15.1 Å². The Morgan fingerprint density at radius 2 is 1.63 bits per heavy atom. The highest BCUT2D eigenvalue weighted by molar-refractivity contribution is 6.42. The molecule has 1 aliphatic heterocycles. The third kappa shape index (κ3) is 5.39. The lowest BCUT2D eigenvalue weighted by molar-refractivity contribution is -0.134. The maximum atomic E-state index is 13.1. The fourth-order valence-electron chi connectivity index (χ4n) is 3.43. The molecule has 8 heteroatoms. The molecule has 1 saturated heterocycles. The van der Waals surface area contributed by atoms with Crippen molar-refractivity contribution in [1.29, 1.82) is 0 Å². The summed E-state index contributed by atoms with van der Waals surface area (Å²) in [5.41, 5.74) is 1.41. The number of carbonyl (C=O) groups excluding carboxylic acids is 2. The summed E-state index contributed by atoms with van der Waals surface area (Å²) in [5, 5.41) is 4.39. The van der Waals surface area contributed by atoms with Gasteiger partial charge in [-0.1, -0.05) is 54.7 Å². The van der Waals surface area contributed by atoms with Crippen molar-refractivity contribution in [3.8, 4) is 0 Å². The van der Waals surface area contributed by atoms with E-state index in [4.69, 9.17) is 34.8 Å². The quantitative estimate of drug-likeness (QED) is 0.689. The molecule has 0 spiro atoms. The minimum Gasteiger partial charge on any atom is -0.368 e.